The van der Waals surface area contributed by atoms with E-state index in [9.17, 15) is 4.79 Å². The molecule has 0 aromatic heterocycles. The van der Waals surface area contributed by atoms with Gasteiger partial charge >= 0.3 is 0 Å². The minimum Gasteiger partial charge on any atom is -0.295 e. The van der Waals surface area contributed by atoms with Crippen LogP contribution in [-0.4, -0.2) is 23.5 Å². The molecule has 0 N–H and O–H groups in total. The number of carbonyl (C=O) groups excluding carboxylic acids is 1. The fourth-order valence-corrected chi connectivity index (χ4v) is 3.69. The molecule has 0 amide bonds. The van der Waals surface area contributed by atoms with Crippen molar-refractivity contribution in [2.24, 2.45) is 5.92 Å². The highest BCUT2D eigenvalue weighted by Gasteiger charge is 2.31. The Morgan fingerprint density at radius 3 is 2.14 bits per heavy atom. The number of ketones is 1. The summed E-state index contributed by atoms with van der Waals surface area (Å²) in [4.78, 5) is 18.7. The van der Waals surface area contributed by atoms with Gasteiger partial charge < -0.3 is 0 Å². The molecule has 0 radical (unpaired) electrons. The van der Waals surface area contributed by atoms with Crippen LogP contribution in [0.2, 0.25) is 0 Å². The Labute approximate surface area is 166 Å². The highest BCUT2D eigenvalue weighted by Crippen LogP contribution is 2.25. The van der Waals surface area contributed by atoms with Crippen molar-refractivity contribution in [1.29, 1.82) is 0 Å². The average molecular weight is 371 g/mol. The Bertz CT molecular complexity index is 906. The van der Waals surface area contributed by atoms with Crippen LogP contribution in [0.25, 0.3) is 0 Å². The number of carbonyl (C=O) groups is 1. The molecule has 3 aromatic carbocycles. The Morgan fingerprint density at radius 1 is 0.857 bits per heavy atom. The second-order valence-electron chi connectivity index (χ2n) is 7.53. The van der Waals surface area contributed by atoms with E-state index in [0.29, 0.717) is 5.92 Å². The molecular formula is C25H25NO2. The molecule has 1 heterocycles. The van der Waals surface area contributed by atoms with Gasteiger partial charge in [0.1, 0.15) is 0 Å². The van der Waals surface area contributed by atoms with Crippen molar-refractivity contribution in [2.75, 3.05) is 6.54 Å². The second-order valence-corrected chi connectivity index (χ2v) is 7.53. The molecule has 142 valence electrons. The lowest BCUT2D eigenvalue weighted by molar-refractivity contribution is -0.152. The van der Waals surface area contributed by atoms with Gasteiger partial charge in [-0.2, -0.15) is 5.06 Å². The van der Waals surface area contributed by atoms with Gasteiger partial charge in [0.05, 0.1) is 6.10 Å². The predicted octanol–water partition coefficient (Wildman–Crippen LogP) is 4.91. The van der Waals surface area contributed by atoms with Crippen molar-refractivity contribution in [3.8, 4) is 0 Å². The first-order chi connectivity index (χ1) is 13.7. The van der Waals surface area contributed by atoms with Crippen LogP contribution >= 0.6 is 0 Å². The maximum Gasteiger partial charge on any atom is 0.193 e. The lowest BCUT2D eigenvalue weighted by Crippen LogP contribution is -2.20. The third-order valence-electron chi connectivity index (χ3n) is 5.30. The van der Waals surface area contributed by atoms with E-state index >= 15 is 0 Å². The third-order valence-corrected chi connectivity index (χ3v) is 5.30. The number of hydroxylamine groups is 2. The summed E-state index contributed by atoms with van der Waals surface area (Å²) in [6.45, 7) is 3.99. The van der Waals surface area contributed by atoms with E-state index in [4.69, 9.17) is 4.84 Å². The zero-order chi connectivity index (χ0) is 19.3. The SMILES string of the molecule is C[C@@H]1CN(Cc2ccccc2)O[C@H]1Cc1ccc(C(=O)c2ccccc2)cc1. The summed E-state index contributed by atoms with van der Waals surface area (Å²) < 4.78 is 0. The minimum absolute atomic E-state index is 0.0617. The van der Waals surface area contributed by atoms with Gasteiger partial charge in [0.15, 0.2) is 5.78 Å². The van der Waals surface area contributed by atoms with Crippen LogP contribution in [0.5, 0.6) is 0 Å². The van der Waals surface area contributed by atoms with Crippen molar-refractivity contribution in [3.63, 3.8) is 0 Å². The highest BCUT2D eigenvalue weighted by molar-refractivity contribution is 6.08. The molecule has 2 atom stereocenters. The Kier molecular flexibility index (Phi) is 5.65. The Hall–Kier alpha value is -2.75. The van der Waals surface area contributed by atoms with Crippen molar-refractivity contribution >= 4 is 5.78 Å². The summed E-state index contributed by atoms with van der Waals surface area (Å²) in [7, 11) is 0. The van der Waals surface area contributed by atoms with E-state index in [0.717, 1.165) is 30.6 Å². The third kappa shape index (κ3) is 4.38. The number of nitrogens with zero attached hydrogens (tertiary/aromatic N) is 1. The Morgan fingerprint density at radius 2 is 1.46 bits per heavy atom. The lowest BCUT2D eigenvalue weighted by atomic mass is 9.96. The van der Waals surface area contributed by atoms with Gasteiger partial charge in [-0.25, -0.2) is 0 Å². The summed E-state index contributed by atoms with van der Waals surface area (Å²) in [5.41, 5.74) is 3.91. The normalized spacial score (nSPS) is 19.6. The van der Waals surface area contributed by atoms with Crippen LogP contribution in [0.4, 0.5) is 0 Å². The molecule has 4 rings (SSSR count). The zero-order valence-electron chi connectivity index (χ0n) is 16.1. The zero-order valence-corrected chi connectivity index (χ0v) is 16.1. The van der Waals surface area contributed by atoms with Gasteiger partial charge in [-0.3, -0.25) is 9.63 Å². The maximum atomic E-state index is 12.5. The predicted molar refractivity (Wildman–Crippen MR) is 111 cm³/mol. The maximum absolute atomic E-state index is 12.5. The molecule has 0 aliphatic carbocycles. The first kappa shape index (κ1) is 18.6. The summed E-state index contributed by atoms with van der Waals surface area (Å²) >= 11 is 0. The largest absolute Gasteiger partial charge is 0.295 e. The van der Waals surface area contributed by atoms with E-state index in [-0.39, 0.29) is 11.9 Å². The molecule has 3 nitrogen and oxygen atoms in total. The van der Waals surface area contributed by atoms with Gasteiger partial charge in [-0.1, -0.05) is 91.9 Å². The topological polar surface area (TPSA) is 29.5 Å². The van der Waals surface area contributed by atoms with Gasteiger partial charge in [-0.05, 0) is 17.0 Å². The summed E-state index contributed by atoms with van der Waals surface area (Å²) in [5, 5.41) is 2.07. The smallest absolute Gasteiger partial charge is 0.193 e. The molecule has 0 bridgehead atoms. The molecule has 28 heavy (non-hydrogen) atoms. The van der Waals surface area contributed by atoms with E-state index in [1.807, 2.05) is 60.7 Å². The lowest BCUT2D eigenvalue weighted by Gasteiger charge is -2.17. The molecule has 1 aliphatic rings. The molecule has 1 saturated heterocycles. The minimum atomic E-state index is 0.0617. The summed E-state index contributed by atoms with van der Waals surface area (Å²) in [5.74, 6) is 0.529. The van der Waals surface area contributed by atoms with Crippen LogP contribution in [0.1, 0.15) is 34.0 Å². The average Bonchev–Trinajstić information content (AvgIpc) is 3.08. The monoisotopic (exact) mass is 371 g/mol. The first-order valence-electron chi connectivity index (χ1n) is 9.83. The van der Waals surface area contributed by atoms with E-state index < -0.39 is 0 Å². The molecule has 0 unspecified atom stereocenters. The van der Waals surface area contributed by atoms with Crippen molar-refractivity contribution in [2.45, 2.75) is 26.0 Å². The standard InChI is InChI=1S/C25H25NO2/c1-19-17-26(18-21-8-4-2-5-9-21)28-24(19)16-20-12-14-23(15-13-20)25(27)22-10-6-3-7-11-22/h2-15,19,24H,16-18H2,1H3/t19-,24+/m1/s1. The van der Waals surface area contributed by atoms with Crippen LogP contribution in [0.15, 0.2) is 84.9 Å². The molecule has 0 saturated carbocycles. The van der Waals surface area contributed by atoms with E-state index in [1.54, 1.807) is 0 Å². The highest BCUT2D eigenvalue weighted by atomic mass is 16.7. The van der Waals surface area contributed by atoms with Gasteiger partial charge in [-0.15, -0.1) is 0 Å². The van der Waals surface area contributed by atoms with Crippen LogP contribution in [0.3, 0.4) is 0 Å². The van der Waals surface area contributed by atoms with Crippen molar-refractivity contribution in [1.82, 2.24) is 5.06 Å². The number of hydrogen-bond acceptors (Lipinski definition) is 3. The number of benzene rings is 3. The fourth-order valence-electron chi connectivity index (χ4n) is 3.69. The second kappa shape index (κ2) is 8.51. The van der Waals surface area contributed by atoms with E-state index in [2.05, 4.69) is 36.3 Å². The van der Waals surface area contributed by atoms with Gasteiger partial charge in [0.25, 0.3) is 0 Å². The van der Waals surface area contributed by atoms with Crippen molar-refractivity contribution in [3.05, 3.63) is 107 Å². The quantitative estimate of drug-likeness (QED) is 0.577. The van der Waals surface area contributed by atoms with Crippen molar-refractivity contribution < 1.29 is 9.63 Å². The van der Waals surface area contributed by atoms with Gasteiger partial charge in [0.2, 0.25) is 0 Å². The van der Waals surface area contributed by atoms with Gasteiger partial charge in [0, 0.05) is 30.6 Å². The number of hydrogen-bond donors (Lipinski definition) is 0. The van der Waals surface area contributed by atoms with E-state index in [1.165, 1.54) is 11.1 Å². The molecule has 3 aromatic rings. The fraction of sp³-hybridized carbons (Fsp3) is 0.240. The molecule has 0 spiro atoms. The van der Waals surface area contributed by atoms with Crippen LogP contribution in [0, 0.1) is 5.92 Å². The summed E-state index contributed by atoms with van der Waals surface area (Å²) in [6.07, 6.45) is 1.02. The summed E-state index contributed by atoms with van der Waals surface area (Å²) in [6, 6.07) is 27.8. The van der Waals surface area contributed by atoms with Crippen LogP contribution < -0.4 is 0 Å². The first-order valence-corrected chi connectivity index (χ1v) is 9.83. The number of rotatable bonds is 6. The molecule has 1 aliphatic heterocycles. The van der Waals surface area contributed by atoms with Crippen LogP contribution in [-0.2, 0) is 17.8 Å². The Balaban J connectivity index is 1.37. The molecule has 3 heteroatoms. The molecular weight excluding hydrogens is 346 g/mol. The molecule has 1 fully saturated rings.